The number of amides is 1. The van der Waals surface area contributed by atoms with E-state index in [2.05, 4.69) is 21.4 Å². The number of aromatic nitrogens is 2. The maximum atomic E-state index is 11.8. The number of hydrogen-bond acceptors (Lipinski definition) is 5. The average molecular weight is 288 g/mol. The molecule has 0 aromatic carbocycles. The second kappa shape index (κ2) is 4.62. The Morgan fingerprint density at radius 2 is 2.35 bits per heavy atom. The predicted molar refractivity (Wildman–Crippen MR) is 74.8 cm³/mol. The minimum Gasteiger partial charge on any atom is -0.383 e. The van der Waals surface area contributed by atoms with Gasteiger partial charge in [-0.1, -0.05) is 11.6 Å². The highest BCUT2D eigenvalue weighted by atomic mass is 35.5. The first kappa shape index (κ1) is 12.6. The summed E-state index contributed by atoms with van der Waals surface area (Å²) in [5.41, 5.74) is 5.74. The van der Waals surface area contributed by atoms with Gasteiger partial charge in [0, 0.05) is 11.6 Å². The second-order valence-electron chi connectivity index (χ2n) is 4.69. The largest absolute Gasteiger partial charge is 0.383 e. The highest BCUT2D eigenvalue weighted by Crippen LogP contribution is 2.38. The topological polar surface area (TPSA) is 105 Å². The molecule has 1 fully saturated rings. The lowest BCUT2D eigenvalue weighted by Gasteiger charge is -2.06. The molecule has 3 rings (SSSR count). The number of pyridine rings is 2. The zero-order valence-corrected chi connectivity index (χ0v) is 11.1. The van der Waals surface area contributed by atoms with E-state index < -0.39 is 0 Å². The van der Waals surface area contributed by atoms with Crippen molar-refractivity contribution >= 4 is 39.9 Å². The highest BCUT2D eigenvalue weighted by Gasteiger charge is 2.43. The summed E-state index contributed by atoms with van der Waals surface area (Å²) in [6.45, 7) is 0. The first-order chi connectivity index (χ1) is 9.58. The van der Waals surface area contributed by atoms with E-state index in [1.807, 2.05) is 0 Å². The van der Waals surface area contributed by atoms with Crippen LogP contribution in [0.25, 0.3) is 10.8 Å². The molecule has 1 aliphatic carbocycles. The molecule has 1 amide bonds. The number of nitrogens with zero attached hydrogens (tertiary/aromatic N) is 3. The number of nitriles is 1. The molecule has 0 bridgehead atoms. The fraction of sp³-hybridized carbons (Fsp3) is 0.231. The molecule has 2 heterocycles. The number of nitrogens with two attached hydrogens (primary N) is 1. The minimum absolute atomic E-state index is 0.176. The quantitative estimate of drug-likeness (QED) is 0.822. The van der Waals surface area contributed by atoms with E-state index in [0.29, 0.717) is 23.4 Å². The fourth-order valence-electron chi connectivity index (χ4n) is 2.05. The van der Waals surface area contributed by atoms with Crippen molar-refractivity contribution < 1.29 is 4.79 Å². The van der Waals surface area contributed by atoms with Gasteiger partial charge in [0.2, 0.25) is 5.91 Å². The molecule has 0 saturated heterocycles. The van der Waals surface area contributed by atoms with Crippen LogP contribution in [0.3, 0.4) is 0 Å². The molecule has 0 spiro atoms. The number of rotatable bonds is 2. The predicted octanol–water partition coefficient (Wildman–Crippen LogP) is 1.96. The van der Waals surface area contributed by atoms with Crippen molar-refractivity contribution in [3.05, 3.63) is 23.5 Å². The summed E-state index contributed by atoms with van der Waals surface area (Å²) in [7, 11) is 0. The third-order valence-electron chi connectivity index (χ3n) is 3.26. The van der Waals surface area contributed by atoms with Crippen LogP contribution >= 0.6 is 11.6 Å². The van der Waals surface area contributed by atoms with E-state index in [-0.39, 0.29) is 22.9 Å². The number of nitrogens with one attached hydrogen (secondary N) is 1. The Bertz CT molecular complexity index is 754. The molecule has 2 aromatic rings. The summed E-state index contributed by atoms with van der Waals surface area (Å²) < 4.78 is 0. The molecule has 20 heavy (non-hydrogen) atoms. The van der Waals surface area contributed by atoms with E-state index in [1.165, 1.54) is 6.20 Å². The van der Waals surface area contributed by atoms with Gasteiger partial charge in [0.25, 0.3) is 0 Å². The van der Waals surface area contributed by atoms with Crippen molar-refractivity contribution in [2.75, 3.05) is 11.1 Å². The molecule has 0 unspecified atom stereocenters. The van der Waals surface area contributed by atoms with E-state index in [0.717, 1.165) is 5.39 Å². The standard InChI is InChI=1S/C13H10ClN5O/c14-10-2-6-3-11(17-5-9(6)12(16)18-10)19-13(20)8-1-7(8)4-15/h2-3,5,7-8H,1H2,(H2,16,18)(H,17,19,20)/t7-,8-/m1/s1. The summed E-state index contributed by atoms with van der Waals surface area (Å²) in [5.74, 6) is 0.113. The monoisotopic (exact) mass is 287 g/mol. The third kappa shape index (κ3) is 2.24. The zero-order chi connectivity index (χ0) is 14.3. The van der Waals surface area contributed by atoms with Crippen molar-refractivity contribution in [1.82, 2.24) is 9.97 Å². The normalized spacial score (nSPS) is 20.4. The molecule has 6 nitrogen and oxygen atoms in total. The number of anilines is 2. The number of hydrogen-bond donors (Lipinski definition) is 2. The molecule has 1 saturated carbocycles. The van der Waals surface area contributed by atoms with Crippen molar-refractivity contribution in [2.24, 2.45) is 11.8 Å². The summed E-state index contributed by atoms with van der Waals surface area (Å²) in [6.07, 6.45) is 2.15. The highest BCUT2D eigenvalue weighted by molar-refractivity contribution is 6.30. The van der Waals surface area contributed by atoms with Crippen LogP contribution in [-0.2, 0) is 4.79 Å². The summed E-state index contributed by atoms with van der Waals surface area (Å²) >= 11 is 5.85. The lowest BCUT2D eigenvalue weighted by atomic mass is 10.2. The number of nitrogen functional groups attached to an aromatic ring is 1. The third-order valence-corrected chi connectivity index (χ3v) is 3.45. The maximum Gasteiger partial charge on any atom is 0.230 e. The number of carbonyl (C=O) groups is 1. The van der Waals surface area contributed by atoms with Crippen LogP contribution in [0, 0.1) is 23.2 Å². The minimum atomic E-state index is -0.233. The van der Waals surface area contributed by atoms with Crippen LogP contribution in [0.4, 0.5) is 11.6 Å². The molecule has 2 aromatic heterocycles. The molecule has 0 aliphatic heterocycles. The van der Waals surface area contributed by atoms with Gasteiger partial charge in [0.15, 0.2) is 0 Å². The van der Waals surface area contributed by atoms with Gasteiger partial charge in [-0.3, -0.25) is 4.79 Å². The van der Waals surface area contributed by atoms with Crippen molar-refractivity contribution in [2.45, 2.75) is 6.42 Å². The van der Waals surface area contributed by atoms with Gasteiger partial charge in [0.05, 0.1) is 17.9 Å². The number of halogens is 1. The molecule has 2 atom stereocenters. The van der Waals surface area contributed by atoms with E-state index in [4.69, 9.17) is 22.6 Å². The summed E-state index contributed by atoms with van der Waals surface area (Å²) in [6, 6.07) is 5.41. The Morgan fingerprint density at radius 1 is 1.55 bits per heavy atom. The number of fused-ring (bicyclic) bond motifs is 1. The molecule has 3 N–H and O–H groups in total. The van der Waals surface area contributed by atoms with Crippen molar-refractivity contribution in [1.29, 1.82) is 5.26 Å². The van der Waals surface area contributed by atoms with Gasteiger partial charge in [-0.2, -0.15) is 5.26 Å². The van der Waals surface area contributed by atoms with E-state index in [9.17, 15) is 4.79 Å². The molecular weight excluding hydrogens is 278 g/mol. The first-order valence-electron chi connectivity index (χ1n) is 6.00. The van der Waals surface area contributed by atoms with Crippen LogP contribution in [0.15, 0.2) is 18.3 Å². The first-order valence-corrected chi connectivity index (χ1v) is 6.38. The van der Waals surface area contributed by atoms with Crippen molar-refractivity contribution in [3.8, 4) is 6.07 Å². The summed E-state index contributed by atoms with van der Waals surface area (Å²) in [5, 5.41) is 13.1. The SMILES string of the molecule is N#C[C@H]1C[C@H]1C(=O)Nc1cc2cc(Cl)nc(N)c2cn1. The Morgan fingerprint density at radius 3 is 3.05 bits per heavy atom. The maximum absolute atomic E-state index is 11.8. The van der Waals surface area contributed by atoms with Gasteiger partial charge in [-0.15, -0.1) is 0 Å². The van der Waals surface area contributed by atoms with Gasteiger partial charge in [-0.25, -0.2) is 9.97 Å². The van der Waals surface area contributed by atoms with Gasteiger partial charge in [0.1, 0.15) is 16.8 Å². The van der Waals surface area contributed by atoms with Crippen LogP contribution < -0.4 is 11.1 Å². The van der Waals surface area contributed by atoms with Gasteiger partial charge < -0.3 is 11.1 Å². The van der Waals surface area contributed by atoms with Crippen LogP contribution in [0.2, 0.25) is 5.15 Å². The molecular formula is C13H10ClN5O. The second-order valence-corrected chi connectivity index (χ2v) is 5.08. The van der Waals surface area contributed by atoms with E-state index >= 15 is 0 Å². The Labute approximate surface area is 119 Å². The van der Waals surface area contributed by atoms with Crippen LogP contribution in [0.5, 0.6) is 0 Å². The molecule has 100 valence electrons. The Hall–Kier alpha value is -2.39. The Balaban J connectivity index is 1.86. The van der Waals surface area contributed by atoms with Gasteiger partial charge in [-0.05, 0) is 23.9 Å². The van der Waals surface area contributed by atoms with Gasteiger partial charge >= 0.3 is 0 Å². The van der Waals surface area contributed by atoms with Crippen LogP contribution in [0.1, 0.15) is 6.42 Å². The average Bonchev–Trinajstić information content (AvgIpc) is 3.17. The van der Waals surface area contributed by atoms with Crippen molar-refractivity contribution in [3.63, 3.8) is 0 Å². The molecule has 7 heteroatoms. The van der Waals surface area contributed by atoms with E-state index in [1.54, 1.807) is 12.1 Å². The molecule has 0 radical (unpaired) electrons. The summed E-state index contributed by atoms with van der Waals surface area (Å²) in [4.78, 5) is 19.9. The number of carbonyl (C=O) groups excluding carboxylic acids is 1. The zero-order valence-electron chi connectivity index (χ0n) is 10.3. The molecule has 1 aliphatic rings. The van der Waals surface area contributed by atoms with Crippen LogP contribution in [-0.4, -0.2) is 15.9 Å². The lowest BCUT2D eigenvalue weighted by Crippen LogP contribution is -2.15. The Kier molecular flexibility index (Phi) is 2.92. The smallest absolute Gasteiger partial charge is 0.230 e. The fourth-order valence-corrected chi connectivity index (χ4v) is 2.26. The lowest BCUT2D eigenvalue weighted by molar-refractivity contribution is -0.117.